The molecule has 0 spiro atoms. The Bertz CT molecular complexity index is 399. The Balaban J connectivity index is 2.74. The summed E-state index contributed by atoms with van der Waals surface area (Å²) in [6.07, 6.45) is 0. The molecule has 5 heteroatoms. The number of hydrogen-bond donors (Lipinski definition) is 3. The third-order valence-electron chi connectivity index (χ3n) is 1.90. The second-order valence-electron chi connectivity index (χ2n) is 4.34. The Kier molecular flexibility index (Phi) is 3.49. The summed E-state index contributed by atoms with van der Waals surface area (Å²) in [5.41, 5.74) is 5.01. The van der Waals surface area contributed by atoms with E-state index in [9.17, 15) is 9.18 Å². The number of hydrogen-bond acceptors (Lipinski definition) is 3. The van der Waals surface area contributed by atoms with Crippen molar-refractivity contribution in [1.29, 1.82) is 0 Å². The minimum atomic E-state index is -0.757. The fourth-order valence-electron chi connectivity index (χ4n) is 1.09. The van der Waals surface area contributed by atoms with E-state index in [1.807, 2.05) is 0 Å². The lowest BCUT2D eigenvalue weighted by atomic mass is 10.1. The number of nitrogens with one attached hydrogen (secondary N) is 1. The lowest BCUT2D eigenvalue weighted by molar-refractivity contribution is 0.0942. The van der Waals surface area contributed by atoms with Crippen molar-refractivity contribution in [3.8, 4) is 5.75 Å². The molecular formula is C11H15FN2O2. The number of amides is 1. The monoisotopic (exact) mass is 226 g/mol. The summed E-state index contributed by atoms with van der Waals surface area (Å²) >= 11 is 0. The molecule has 0 aliphatic rings. The summed E-state index contributed by atoms with van der Waals surface area (Å²) in [6, 6.07) is 3.37. The van der Waals surface area contributed by atoms with Crippen molar-refractivity contribution in [3.05, 3.63) is 29.6 Å². The van der Waals surface area contributed by atoms with Crippen molar-refractivity contribution in [3.63, 3.8) is 0 Å². The zero-order chi connectivity index (χ0) is 12.3. The van der Waals surface area contributed by atoms with E-state index in [4.69, 9.17) is 10.8 Å². The molecule has 1 amide bonds. The molecule has 4 nitrogen and oxygen atoms in total. The van der Waals surface area contributed by atoms with E-state index in [0.717, 1.165) is 6.07 Å². The normalized spacial score (nSPS) is 11.2. The highest BCUT2D eigenvalue weighted by Gasteiger charge is 2.16. The molecule has 16 heavy (non-hydrogen) atoms. The van der Waals surface area contributed by atoms with Crippen LogP contribution in [0.25, 0.3) is 0 Å². The van der Waals surface area contributed by atoms with Crippen LogP contribution in [0.4, 0.5) is 4.39 Å². The quantitative estimate of drug-likeness (QED) is 0.719. The number of halogens is 1. The van der Waals surface area contributed by atoms with Gasteiger partial charge in [-0.3, -0.25) is 4.79 Å². The van der Waals surface area contributed by atoms with Gasteiger partial charge in [0.05, 0.1) is 5.56 Å². The Morgan fingerprint density at radius 3 is 2.69 bits per heavy atom. The van der Waals surface area contributed by atoms with E-state index in [0.29, 0.717) is 0 Å². The predicted octanol–water partition coefficient (Wildman–Crippen LogP) is 0.998. The first-order valence-electron chi connectivity index (χ1n) is 4.85. The highest BCUT2D eigenvalue weighted by molar-refractivity contribution is 5.94. The molecule has 1 rings (SSSR count). The fraction of sp³-hybridized carbons (Fsp3) is 0.364. The van der Waals surface area contributed by atoms with E-state index in [1.54, 1.807) is 13.8 Å². The van der Waals surface area contributed by atoms with Gasteiger partial charge in [0.1, 0.15) is 11.6 Å². The van der Waals surface area contributed by atoms with Crippen LogP contribution in [0.5, 0.6) is 5.75 Å². The molecule has 0 fully saturated rings. The maximum Gasteiger partial charge on any atom is 0.254 e. The number of rotatable bonds is 3. The predicted molar refractivity (Wildman–Crippen MR) is 58.7 cm³/mol. The number of benzene rings is 1. The molecule has 0 saturated carbocycles. The number of phenols is 1. The van der Waals surface area contributed by atoms with Crippen molar-refractivity contribution in [2.24, 2.45) is 5.73 Å². The Hall–Kier alpha value is -1.62. The number of aromatic hydroxyl groups is 1. The topological polar surface area (TPSA) is 75.3 Å². The third kappa shape index (κ3) is 3.51. The fourth-order valence-corrected chi connectivity index (χ4v) is 1.09. The number of carbonyl (C=O) groups excluding carboxylic acids is 1. The van der Waals surface area contributed by atoms with E-state index >= 15 is 0 Å². The summed E-state index contributed by atoms with van der Waals surface area (Å²) < 4.78 is 13.3. The van der Waals surface area contributed by atoms with Crippen LogP contribution in [0.3, 0.4) is 0 Å². The van der Waals surface area contributed by atoms with E-state index in [2.05, 4.69) is 5.32 Å². The van der Waals surface area contributed by atoms with Gasteiger partial charge in [0.25, 0.3) is 5.91 Å². The maximum atomic E-state index is 13.3. The summed E-state index contributed by atoms with van der Waals surface area (Å²) in [6.45, 7) is 3.74. The molecule has 4 N–H and O–H groups in total. The van der Waals surface area contributed by atoms with Gasteiger partial charge in [-0.1, -0.05) is 0 Å². The van der Waals surface area contributed by atoms with Crippen LogP contribution in [0.15, 0.2) is 18.2 Å². The molecule has 0 atom stereocenters. The standard InChI is InChI=1S/C11H15FN2O2/c1-11(2,13)6-14-10(16)8-4-3-7(15)5-9(8)12/h3-5,15H,6,13H2,1-2H3,(H,14,16). The van der Waals surface area contributed by atoms with E-state index in [1.165, 1.54) is 12.1 Å². The zero-order valence-corrected chi connectivity index (χ0v) is 9.25. The van der Waals surface area contributed by atoms with Crippen LogP contribution in [0, 0.1) is 5.82 Å². The number of phenolic OH excluding ortho intramolecular Hbond substituents is 1. The molecule has 0 aromatic heterocycles. The van der Waals surface area contributed by atoms with Gasteiger partial charge >= 0.3 is 0 Å². The summed E-state index contributed by atoms with van der Waals surface area (Å²) in [5.74, 6) is -1.52. The summed E-state index contributed by atoms with van der Waals surface area (Å²) in [4.78, 5) is 11.5. The minimum Gasteiger partial charge on any atom is -0.508 e. The second-order valence-corrected chi connectivity index (χ2v) is 4.34. The smallest absolute Gasteiger partial charge is 0.254 e. The molecular weight excluding hydrogens is 211 g/mol. The second kappa shape index (κ2) is 4.49. The molecule has 1 aromatic rings. The Labute approximate surface area is 93.3 Å². The van der Waals surface area contributed by atoms with Gasteiger partial charge in [-0.15, -0.1) is 0 Å². The first-order valence-corrected chi connectivity index (χ1v) is 4.85. The Morgan fingerprint density at radius 1 is 1.56 bits per heavy atom. The average Bonchev–Trinajstić information content (AvgIpc) is 2.13. The Morgan fingerprint density at radius 2 is 2.19 bits per heavy atom. The molecule has 88 valence electrons. The van der Waals surface area contributed by atoms with Crippen molar-refractivity contribution in [1.82, 2.24) is 5.32 Å². The maximum absolute atomic E-state index is 13.3. The largest absolute Gasteiger partial charge is 0.508 e. The van der Waals surface area contributed by atoms with Crippen LogP contribution >= 0.6 is 0 Å². The summed E-state index contributed by atoms with van der Waals surface area (Å²) in [7, 11) is 0. The summed E-state index contributed by atoms with van der Waals surface area (Å²) in [5, 5.41) is 11.5. The minimum absolute atomic E-state index is 0.109. The van der Waals surface area contributed by atoms with Crippen LogP contribution in [-0.2, 0) is 0 Å². The van der Waals surface area contributed by atoms with Crippen LogP contribution in [-0.4, -0.2) is 23.1 Å². The first-order chi connectivity index (χ1) is 7.29. The van der Waals surface area contributed by atoms with E-state index in [-0.39, 0.29) is 17.9 Å². The van der Waals surface area contributed by atoms with Gasteiger partial charge in [0, 0.05) is 18.2 Å². The first kappa shape index (κ1) is 12.4. The molecule has 0 aliphatic heterocycles. The third-order valence-corrected chi connectivity index (χ3v) is 1.90. The molecule has 0 bridgehead atoms. The molecule has 0 heterocycles. The van der Waals surface area contributed by atoms with Gasteiger partial charge in [0.15, 0.2) is 0 Å². The van der Waals surface area contributed by atoms with Gasteiger partial charge < -0.3 is 16.2 Å². The van der Waals surface area contributed by atoms with Gasteiger partial charge in [-0.25, -0.2) is 4.39 Å². The van der Waals surface area contributed by atoms with Crippen molar-refractivity contribution in [2.45, 2.75) is 19.4 Å². The van der Waals surface area contributed by atoms with Crippen LogP contribution in [0.1, 0.15) is 24.2 Å². The molecule has 0 unspecified atom stereocenters. The highest BCUT2D eigenvalue weighted by Crippen LogP contribution is 2.14. The zero-order valence-electron chi connectivity index (χ0n) is 9.25. The molecule has 1 aromatic carbocycles. The van der Waals surface area contributed by atoms with Crippen molar-refractivity contribution >= 4 is 5.91 Å². The molecule has 0 radical (unpaired) electrons. The number of nitrogens with two attached hydrogens (primary N) is 1. The van der Waals surface area contributed by atoms with E-state index < -0.39 is 17.3 Å². The number of carbonyl (C=O) groups is 1. The van der Waals surface area contributed by atoms with Crippen LogP contribution < -0.4 is 11.1 Å². The lowest BCUT2D eigenvalue weighted by Gasteiger charge is -2.18. The van der Waals surface area contributed by atoms with Gasteiger partial charge in [0.2, 0.25) is 0 Å². The van der Waals surface area contributed by atoms with Gasteiger partial charge in [-0.05, 0) is 26.0 Å². The van der Waals surface area contributed by atoms with Crippen molar-refractivity contribution < 1.29 is 14.3 Å². The molecule has 0 aliphatic carbocycles. The molecule has 0 saturated heterocycles. The average molecular weight is 226 g/mol. The SMILES string of the molecule is CC(C)(N)CNC(=O)c1ccc(O)cc1F. The van der Waals surface area contributed by atoms with Gasteiger partial charge in [-0.2, -0.15) is 0 Å². The highest BCUT2D eigenvalue weighted by atomic mass is 19.1. The van der Waals surface area contributed by atoms with Crippen LogP contribution in [0.2, 0.25) is 0 Å². The van der Waals surface area contributed by atoms with Crippen molar-refractivity contribution in [2.75, 3.05) is 6.54 Å². The lowest BCUT2D eigenvalue weighted by Crippen LogP contribution is -2.45.